The summed E-state index contributed by atoms with van der Waals surface area (Å²) in [6, 6.07) is 11.9. The Morgan fingerprint density at radius 3 is 2.71 bits per heavy atom. The Labute approximate surface area is 190 Å². The highest BCUT2D eigenvalue weighted by molar-refractivity contribution is 9.10. The second kappa shape index (κ2) is 7.62. The molecule has 1 fully saturated rings. The molecule has 6 nitrogen and oxygen atoms in total. The van der Waals surface area contributed by atoms with Crippen molar-refractivity contribution >= 4 is 49.8 Å². The summed E-state index contributed by atoms with van der Waals surface area (Å²) in [6.45, 7) is 1.98. The molecular weight excluding hydrogens is 480 g/mol. The van der Waals surface area contributed by atoms with Crippen LogP contribution in [0.2, 0.25) is 0 Å². The molecule has 156 valence electrons. The summed E-state index contributed by atoms with van der Waals surface area (Å²) in [5, 5.41) is 13.4. The van der Waals surface area contributed by atoms with E-state index in [9.17, 15) is 14.7 Å². The molecule has 1 N–H and O–H groups in total. The van der Waals surface area contributed by atoms with Crippen molar-refractivity contribution in [3.05, 3.63) is 80.8 Å². The number of hydrogen-bond donors (Lipinski definition) is 1. The van der Waals surface area contributed by atoms with Gasteiger partial charge in [0.1, 0.15) is 17.6 Å². The molecule has 0 bridgehead atoms. The predicted octanol–water partition coefficient (Wildman–Crippen LogP) is 4.86. The standard InChI is InChI=1S/C23H17BrN2O4S/c1-12-10-15-11-14(4-7-17(15)30-12)20(27)18-19(13-2-5-16(24)6-3-13)26(22(29)21(18)28)23-25-8-9-31-23/h2-9,11-12,19,27H,10H2,1H3/b20-18+/t12-,19+/m1/s1. The number of hydrogen-bond acceptors (Lipinski definition) is 6. The number of anilines is 1. The molecule has 0 aliphatic carbocycles. The maximum atomic E-state index is 13.1. The number of nitrogens with zero attached hydrogens (tertiary/aromatic N) is 2. The van der Waals surface area contributed by atoms with Crippen molar-refractivity contribution in [2.75, 3.05) is 4.90 Å². The lowest BCUT2D eigenvalue weighted by atomic mass is 9.94. The molecule has 2 aliphatic heterocycles. The molecule has 1 saturated heterocycles. The van der Waals surface area contributed by atoms with Crippen molar-refractivity contribution in [1.82, 2.24) is 4.98 Å². The van der Waals surface area contributed by atoms with Gasteiger partial charge in [-0.2, -0.15) is 0 Å². The molecule has 0 spiro atoms. The summed E-state index contributed by atoms with van der Waals surface area (Å²) >= 11 is 4.68. The third kappa shape index (κ3) is 3.36. The van der Waals surface area contributed by atoms with Crippen molar-refractivity contribution in [3.63, 3.8) is 0 Å². The summed E-state index contributed by atoms with van der Waals surface area (Å²) in [5.74, 6) is -0.863. The number of halogens is 1. The molecule has 2 aromatic carbocycles. The Kier molecular flexibility index (Phi) is 4.91. The lowest BCUT2D eigenvalue weighted by Crippen LogP contribution is -2.29. The molecule has 1 aromatic heterocycles. The van der Waals surface area contributed by atoms with Crippen molar-refractivity contribution in [2.24, 2.45) is 0 Å². The Hall–Kier alpha value is -2.97. The van der Waals surface area contributed by atoms with Crippen LogP contribution < -0.4 is 9.64 Å². The number of Topliss-reactive ketones (excluding diaryl/α,β-unsaturated/α-hetero) is 1. The van der Waals surface area contributed by atoms with Gasteiger partial charge in [0, 0.05) is 28.0 Å². The highest BCUT2D eigenvalue weighted by Gasteiger charge is 2.48. The molecule has 2 aliphatic rings. The molecular formula is C23H17BrN2O4S. The zero-order chi connectivity index (χ0) is 21.7. The van der Waals surface area contributed by atoms with Crippen molar-refractivity contribution in [2.45, 2.75) is 25.5 Å². The fraction of sp³-hybridized carbons (Fsp3) is 0.174. The lowest BCUT2D eigenvalue weighted by molar-refractivity contribution is -0.132. The Balaban J connectivity index is 1.68. The van der Waals surface area contributed by atoms with Crippen LogP contribution in [-0.2, 0) is 16.0 Å². The number of amides is 1. The topological polar surface area (TPSA) is 79.7 Å². The van der Waals surface area contributed by atoms with Gasteiger partial charge < -0.3 is 9.84 Å². The van der Waals surface area contributed by atoms with E-state index < -0.39 is 17.7 Å². The molecule has 0 radical (unpaired) electrons. The Morgan fingerprint density at radius 2 is 2.00 bits per heavy atom. The van der Waals surface area contributed by atoms with Gasteiger partial charge >= 0.3 is 5.91 Å². The summed E-state index contributed by atoms with van der Waals surface area (Å²) in [5.41, 5.74) is 2.20. The highest BCUT2D eigenvalue weighted by Crippen LogP contribution is 2.43. The maximum absolute atomic E-state index is 13.1. The minimum atomic E-state index is -0.775. The molecule has 0 saturated carbocycles. The largest absolute Gasteiger partial charge is 0.507 e. The van der Waals surface area contributed by atoms with Gasteiger partial charge in [0.15, 0.2) is 5.13 Å². The number of carbonyl (C=O) groups is 2. The monoisotopic (exact) mass is 496 g/mol. The van der Waals surface area contributed by atoms with Crippen LogP contribution in [0.1, 0.15) is 29.7 Å². The number of aliphatic hydroxyl groups is 1. The van der Waals surface area contributed by atoms with Crippen LogP contribution in [0.3, 0.4) is 0 Å². The van der Waals surface area contributed by atoms with Crippen LogP contribution in [0.25, 0.3) is 5.76 Å². The molecule has 3 aromatic rings. The Morgan fingerprint density at radius 1 is 1.23 bits per heavy atom. The summed E-state index contributed by atoms with van der Waals surface area (Å²) < 4.78 is 6.61. The van der Waals surface area contributed by atoms with Gasteiger partial charge in [-0.3, -0.25) is 14.5 Å². The predicted molar refractivity (Wildman–Crippen MR) is 121 cm³/mol. The van der Waals surface area contributed by atoms with Crippen LogP contribution in [0, 0.1) is 0 Å². The lowest BCUT2D eigenvalue weighted by Gasteiger charge is -2.23. The van der Waals surface area contributed by atoms with Gasteiger partial charge in [0.2, 0.25) is 0 Å². The first-order valence-corrected chi connectivity index (χ1v) is 11.4. The van der Waals surface area contributed by atoms with E-state index in [4.69, 9.17) is 4.74 Å². The minimum Gasteiger partial charge on any atom is -0.507 e. The van der Waals surface area contributed by atoms with Gasteiger partial charge in [-0.05, 0) is 48.4 Å². The molecule has 5 rings (SSSR count). The molecule has 1 amide bonds. The van der Waals surface area contributed by atoms with E-state index >= 15 is 0 Å². The van der Waals surface area contributed by atoms with Crippen LogP contribution in [0.5, 0.6) is 5.75 Å². The normalized spacial score (nSPS) is 21.9. The third-order valence-electron chi connectivity index (χ3n) is 5.42. The first-order valence-electron chi connectivity index (χ1n) is 9.70. The molecule has 3 heterocycles. The summed E-state index contributed by atoms with van der Waals surface area (Å²) in [7, 11) is 0. The second-order valence-electron chi connectivity index (χ2n) is 7.49. The number of ketones is 1. The molecule has 8 heteroatoms. The summed E-state index contributed by atoms with van der Waals surface area (Å²) in [4.78, 5) is 31.7. The number of aromatic nitrogens is 1. The van der Waals surface area contributed by atoms with Crippen LogP contribution in [-0.4, -0.2) is 27.9 Å². The minimum absolute atomic E-state index is 0.0504. The first kappa shape index (κ1) is 20.0. The van der Waals surface area contributed by atoms with Gasteiger partial charge in [0.05, 0.1) is 11.6 Å². The zero-order valence-electron chi connectivity index (χ0n) is 16.4. The number of carbonyl (C=O) groups excluding carboxylic acids is 2. The van der Waals surface area contributed by atoms with E-state index in [1.807, 2.05) is 37.3 Å². The van der Waals surface area contributed by atoms with Crippen LogP contribution >= 0.6 is 27.3 Å². The number of ether oxygens (including phenoxy) is 1. The zero-order valence-corrected chi connectivity index (χ0v) is 18.8. The van der Waals surface area contributed by atoms with Gasteiger partial charge in [0.25, 0.3) is 5.78 Å². The van der Waals surface area contributed by atoms with Crippen LogP contribution in [0.15, 0.2) is 64.1 Å². The molecule has 31 heavy (non-hydrogen) atoms. The quantitative estimate of drug-likeness (QED) is 0.318. The van der Waals surface area contributed by atoms with E-state index in [0.717, 1.165) is 22.2 Å². The fourth-order valence-electron chi connectivity index (χ4n) is 4.05. The average Bonchev–Trinajstić information content (AvgIpc) is 3.46. The maximum Gasteiger partial charge on any atom is 0.301 e. The third-order valence-corrected chi connectivity index (χ3v) is 6.72. The van der Waals surface area contributed by atoms with Crippen molar-refractivity contribution < 1.29 is 19.4 Å². The van der Waals surface area contributed by atoms with Crippen LogP contribution in [0.4, 0.5) is 5.13 Å². The van der Waals surface area contributed by atoms with E-state index in [-0.39, 0.29) is 17.4 Å². The van der Waals surface area contributed by atoms with E-state index in [2.05, 4.69) is 20.9 Å². The fourth-order valence-corrected chi connectivity index (χ4v) is 4.98. The first-order chi connectivity index (χ1) is 14.9. The average molecular weight is 497 g/mol. The summed E-state index contributed by atoms with van der Waals surface area (Å²) in [6.07, 6.45) is 2.37. The number of thiazole rings is 1. The number of fused-ring (bicyclic) bond motifs is 1. The van der Waals surface area contributed by atoms with E-state index in [1.165, 1.54) is 16.2 Å². The van der Waals surface area contributed by atoms with E-state index in [0.29, 0.717) is 16.3 Å². The molecule has 2 atom stereocenters. The van der Waals surface area contributed by atoms with Gasteiger partial charge in [-0.15, -0.1) is 11.3 Å². The smallest absolute Gasteiger partial charge is 0.301 e. The van der Waals surface area contributed by atoms with E-state index in [1.54, 1.807) is 23.7 Å². The Bertz CT molecular complexity index is 1220. The second-order valence-corrected chi connectivity index (χ2v) is 9.28. The number of benzene rings is 2. The number of rotatable bonds is 3. The van der Waals surface area contributed by atoms with Gasteiger partial charge in [-0.1, -0.05) is 28.1 Å². The van der Waals surface area contributed by atoms with Crippen molar-refractivity contribution in [3.8, 4) is 5.75 Å². The molecule has 0 unspecified atom stereocenters. The SMILES string of the molecule is C[C@@H]1Cc2cc(/C(O)=C3\C(=O)C(=O)N(c4nccs4)[C@H]3c3ccc(Br)cc3)ccc2O1. The van der Waals surface area contributed by atoms with Gasteiger partial charge in [-0.25, -0.2) is 4.98 Å². The highest BCUT2D eigenvalue weighted by atomic mass is 79.9. The number of aliphatic hydroxyl groups excluding tert-OH is 1. The van der Waals surface area contributed by atoms with Crippen molar-refractivity contribution in [1.29, 1.82) is 0 Å².